The van der Waals surface area contributed by atoms with Crippen LogP contribution in [-0.2, 0) is 4.79 Å². The van der Waals surface area contributed by atoms with Gasteiger partial charge < -0.3 is 5.32 Å². The molecule has 0 saturated carbocycles. The van der Waals surface area contributed by atoms with Crippen molar-refractivity contribution < 1.29 is 4.79 Å². The van der Waals surface area contributed by atoms with E-state index in [1.165, 1.54) is 22.2 Å². The number of carbonyl (C=O) groups is 1. The van der Waals surface area contributed by atoms with Crippen molar-refractivity contribution in [3.05, 3.63) is 81.3 Å². The van der Waals surface area contributed by atoms with Gasteiger partial charge >= 0.3 is 0 Å². The Morgan fingerprint density at radius 2 is 1.79 bits per heavy atom. The van der Waals surface area contributed by atoms with Crippen molar-refractivity contribution in [3.8, 4) is 10.4 Å². The summed E-state index contributed by atoms with van der Waals surface area (Å²) in [5.41, 5.74) is 1.22. The van der Waals surface area contributed by atoms with Gasteiger partial charge in [-0.15, -0.1) is 11.3 Å². The summed E-state index contributed by atoms with van der Waals surface area (Å²) >= 11 is 13.4. The largest absolute Gasteiger partial charge is 0.324 e. The number of anilines is 1. The zero-order chi connectivity index (χ0) is 20.5. The van der Waals surface area contributed by atoms with Crippen LogP contribution in [-0.4, -0.2) is 15.5 Å². The van der Waals surface area contributed by atoms with Crippen molar-refractivity contribution in [2.75, 3.05) is 5.32 Å². The van der Waals surface area contributed by atoms with Crippen molar-refractivity contribution in [1.29, 1.82) is 0 Å². The Bertz CT molecular complexity index is 1250. The van der Waals surface area contributed by atoms with Crippen LogP contribution in [0.25, 0.3) is 20.7 Å². The van der Waals surface area contributed by atoms with Gasteiger partial charge in [-0.3, -0.25) is 14.2 Å². The number of nitrogens with one attached hydrogen (secondary N) is 1. The smallest absolute Gasteiger partial charge is 0.262 e. The Hall–Kier alpha value is -2.67. The number of halogens is 2. The fraction of sp³-hybridized carbons (Fsp3) is 0.0952. The summed E-state index contributed by atoms with van der Waals surface area (Å²) in [5, 5.41) is 4.04. The summed E-state index contributed by atoms with van der Waals surface area (Å²) in [5.74, 6) is -0.370. The fourth-order valence-electron chi connectivity index (χ4n) is 2.96. The summed E-state index contributed by atoms with van der Waals surface area (Å²) in [6.07, 6.45) is 1.41. The molecule has 0 spiro atoms. The Morgan fingerprint density at radius 1 is 1.10 bits per heavy atom. The quantitative estimate of drug-likeness (QED) is 0.444. The van der Waals surface area contributed by atoms with Gasteiger partial charge in [-0.25, -0.2) is 4.98 Å². The van der Waals surface area contributed by atoms with Gasteiger partial charge in [0, 0.05) is 20.6 Å². The molecule has 0 saturated heterocycles. The number of carbonyl (C=O) groups excluding carboxylic acids is 1. The average molecular weight is 444 g/mol. The number of benzene rings is 2. The van der Waals surface area contributed by atoms with Crippen molar-refractivity contribution in [2.45, 2.75) is 13.0 Å². The number of hydrogen-bond acceptors (Lipinski definition) is 4. The molecule has 1 atom stereocenters. The lowest BCUT2D eigenvalue weighted by molar-refractivity contribution is -0.118. The molecule has 0 bridgehead atoms. The van der Waals surface area contributed by atoms with Gasteiger partial charge in [0.05, 0.1) is 11.7 Å². The average Bonchev–Trinajstić information content (AvgIpc) is 3.13. The first kappa shape index (κ1) is 19.6. The zero-order valence-corrected chi connectivity index (χ0v) is 17.6. The van der Waals surface area contributed by atoms with E-state index in [4.69, 9.17) is 23.2 Å². The number of amides is 1. The van der Waals surface area contributed by atoms with Gasteiger partial charge in [0.25, 0.3) is 5.56 Å². The second kappa shape index (κ2) is 7.99. The normalized spacial score (nSPS) is 12.1. The molecular weight excluding hydrogens is 429 g/mol. The van der Waals surface area contributed by atoms with E-state index >= 15 is 0 Å². The van der Waals surface area contributed by atoms with Crippen LogP contribution < -0.4 is 10.9 Å². The van der Waals surface area contributed by atoms with Crippen LogP contribution in [0.3, 0.4) is 0 Å². The summed E-state index contributed by atoms with van der Waals surface area (Å²) in [4.78, 5) is 31.6. The zero-order valence-electron chi connectivity index (χ0n) is 15.2. The maximum absolute atomic E-state index is 13.0. The second-order valence-corrected chi connectivity index (χ2v) is 8.38. The molecule has 1 amide bonds. The van der Waals surface area contributed by atoms with E-state index in [1.54, 1.807) is 25.1 Å². The molecule has 8 heteroatoms. The first-order chi connectivity index (χ1) is 13.9. The molecule has 5 nitrogen and oxygen atoms in total. The SMILES string of the molecule is CC(C(=O)Nc1cc(Cl)cc(Cl)c1)n1cnc2sc(-c3ccccc3)cc2c1=O. The van der Waals surface area contributed by atoms with E-state index in [2.05, 4.69) is 10.3 Å². The van der Waals surface area contributed by atoms with E-state index in [-0.39, 0.29) is 11.5 Å². The van der Waals surface area contributed by atoms with E-state index in [9.17, 15) is 9.59 Å². The highest BCUT2D eigenvalue weighted by atomic mass is 35.5. The van der Waals surface area contributed by atoms with Crippen molar-refractivity contribution in [1.82, 2.24) is 9.55 Å². The molecule has 4 rings (SSSR count). The third-order valence-corrected chi connectivity index (χ3v) is 5.99. The maximum atomic E-state index is 13.0. The van der Waals surface area contributed by atoms with Crippen LogP contribution in [0.1, 0.15) is 13.0 Å². The molecule has 1 unspecified atom stereocenters. The highest BCUT2D eigenvalue weighted by Crippen LogP contribution is 2.31. The molecule has 29 heavy (non-hydrogen) atoms. The Balaban J connectivity index is 1.65. The van der Waals surface area contributed by atoms with Crippen LogP contribution in [0.15, 0.2) is 65.7 Å². The van der Waals surface area contributed by atoms with E-state index in [0.29, 0.717) is 25.9 Å². The fourth-order valence-corrected chi connectivity index (χ4v) is 4.48. The van der Waals surface area contributed by atoms with Crippen LogP contribution >= 0.6 is 34.5 Å². The predicted octanol–water partition coefficient (Wildman–Crippen LogP) is 5.63. The van der Waals surface area contributed by atoms with Crippen LogP contribution in [0.2, 0.25) is 10.0 Å². The van der Waals surface area contributed by atoms with Crippen molar-refractivity contribution >= 4 is 56.3 Å². The molecule has 0 aliphatic rings. The Labute approximate surface area is 180 Å². The molecule has 2 aromatic carbocycles. The van der Waals surface area contributed by atoms with Gasteiger partial charge in [0.1, 0.15) is 10.9 Å². The summed E-state index contributed by atoms with van der Waals surface area (Å²) in [6, 6.07) is 15.6. The molecule has 2 aromatic heterocycles. The molecule has 2 heterocycles. The minimum atomic E-state index is -0.766. The molecule has 1 N–H and O–H groups in total. The Morgan fingerprint density at radius 3 is 2.48 bits per heavy atom. The molecule has 0 aliphatic carbocycles. The molecule has 0 aliphatic heterocycles. The van der Waals surface area contributed by atoms with Crippen LogP contribution in [0.4, 0.5) is 5.69 Å². The maximum Gasteiger partial charge on any atom is 0.262 e. The monoisotopic (exact) mass is 443 g/mol. The van der Waals surface area contributed by atoms with E-state index in [1.807, 2.05) is 36.4 Å². The molecule has 0 fully saturated rings. The Kier molecular flexibility index (Phi) is 5.41. The highest BCUT2D eigenvalue weighted by molar-refractivity contribution is 7.21. The van der Waals surface area contributed by atoms with Gasteiger partial charge in [-0.1, -0.05) is 53.5 Å². The first-order valence-electron chi connectivity index (χ1n) is 8.75. The number of hydrogen-bond donors (Lipinski definition) is 1. The molecule has 4 aromatic rings. The number of rotatable bonds is 4. The van der Waals surface area contributed by atoms with E-state index < -0.39 is 6.04 Å². The number of nitrogens with zero attached hydrogens (tertiary/aromatic N) is 2. The number of fused-ring (bicyclic) bond motifs is 1. The van der Waals surface area contributed by atoms with Gasteiger partial charge in [0.2, 0.25) is 5.91 Å². The lowest BCUT2D eigenvalue weighted by Crippen LogP contribution is -2.31. The van der Waals surface area contributed by atoms with Gasteiger partial charge in [-0.05, 0) is 36.8 Å². The molecular formula is C21H15Cl2N3O2S. The molecule has 146 valence electrons. The summed E-state index contributed by atoms with van der Waals surface area (Å²) < 4.78 is 1.32. The van der Waals surface area contributed by atoms with Crippen LogP contribution in [0, 0.1) is 0 Å². The lowest BCUT2D eigenvalue weighted by Gasteiger charge is -2.15. The van der Waals surface area contributed by atoms with Crippen molar-refractivity contribution in [3.63, 3.8) is 0 Å². The lowest BCUT2D eigenvalue weighted by atomic mass is 10.2. The second-order valence-electron chi connectivity index (χ2n) is 6.48. The number of aromatic nitrogens is 2. The predicted molar refractivity (Wildman–Crippen MR) is 119 cm³/mol. The van der Waals surface area contributed by atoms with Crippen molar-refractivity contribution in [2.24, 2.45) is 0 Å². The third kappa shape index (κ3) is 4.05. The standard InChI is InChI=1S/C21H15Cl2N3O2S/c1-12(19(27)25-16-8-14(22)7-15(23)9-16)26-11-24-20-17(21(26)28)10-18(29-20)13-5-3-2-4-6-13/h2-12H,1H3,(H,25,27). The van der Waals surface area contributed by atoms with Gasteiger partial charge in [0.15, 0.2) is 0 Å². The molecule has 0 radical (unpaired) electrons. The van der Waals surface area contributed by atoms with E-state index in [0.717, 1.165) is 10.4 Å². The van der Waals surface area contributed by atoms with Gasteiger partial charge in [-0.2, -0.15) is 0 Å². The highest BCUT2D eigenvalue weighted by Gasteiger charge is 2.19. The van der Waals surface area contributed by atoms with Crippen LogP contribution in [0.5, 0.6) is 0 Å². The summed E-state index contributed by atoms with van der Waals surface area (Å²) in [7, 11) is 0. The third-order valence-electron chi connectivity index (χ3n) is 4.46. The summed E-state index contributed by atoms with van der Waals surface area (Å²) in [6.45, 7) is 1.64. The topological polar surface area (TPSA) is 64.0 Å². The number of thiophene rings is 1. The first-order valence-corrected chi connectivity index (χ1v) is 10.3. The minimum absolute atomic E-state index is 0.264. The minimum Gasteiger partial charge on any atom is -0.324 e.